The summed E-state index contributed by atoms with van der Waals surface area (Å²) in [6, 6.07) is 9.35. The van der Waals surface area contributed by atoms with Gasteiger partial charge >= 0.3 is 5.97 Å². The summed E-state index contributed by atoms with van der Waals surface area (Å²) in [5.41, 5.74) is -3.96. The second kappa shape index (κ2) is 22.8. The van der Waals surface area contributed by atoms with Gasteiger partial charge in [0.05, 0.1) is 63.9 Å². The number of ether oxygens (including phenoxy) is 3. The number of rotatable bonds is 24. The summed E-state index contributed by atoms with van der Waals surface area (Å²) >= 11 is 0. The molecule has 0 saturated heterocycles. The van der Waals surface area contributed by atoms with E-state index in [9.17, 15) is 89.4 Å². The fraction of sp³-hybridized carbons (Fsp3) is 0.373. The van der Waals surface area contributed by atoms with E-state index in [1.54, 1.807) is 23.3 Å². The van der Waals surface area contributed by atoms with Crippen molar-refractivity contribution >= 4 is 107 Å². The van der Waals surface area contributed by atoms with Crippen LogP contribution in [0.1, 0.15) is 57.6 Å². The predicted molar refractivity (Wildman–Crippen MR) is 296 cm³/mol. The second-order valence-corrected chi connectivity index (χ2v) is 27.6. The lowest BCUT2D eigenvalue weighted by molar-refractivity contribution is -0.441. The van der Waals surface area contributed by atoms with E-state index in [4.69, 9.17) is 19.0 Å². The highest BCUT2D eigenvalue weighted by molar-refractivity contribution is 7.87. The molecule has 2 aliphatic heterocycles. The van der Waals surface area contributed by atoms with Crippen LogP contribution < -0.4 is 31.0 Å². The highest BCUT2D eigenvalue weighted by Crippen LogP contribution is 2.51. The first-order valence-electron chi connectivity index (χ1n) is 25.0. The van der Waals surface area contributed by atoms with Crippen LogP contribution in [0.5, 0.6) is 11.8 Å². The first kappa shape index (κ1) is 62.5. The second-order valence-electron chi connectivity index (χ2n) is 20.4. The molecule has 2 aliphatic rings. The van der Waals surface area contributed by atoms with Gasteiger partial charge in [-0.1, -0.05) is 19.9 Å². The number of carbonyl (C=O) groups excluding carboxylic acids is 1. The number of aromatic hydroxyl groups is 2. The Morgan fingerprint density at radius 1 is 0.651 bits per heavy atom. The molecule has 0 spiro atoms. The lowest BCUT2D eigenvalue weighted by Crippen LogP contribution is -2.66. The topological polar surface area (TPSA) is 412 Å². The molecule has 0 fully saturated rings. The fourth-order valence-electron chi connectivity index (χ4n) is 11.0. The Hall–Kier alpha value is -6.53. The standard InChI is InChI=1S/C51H55N3O24S5/c1-50(2)41(52(15-5-7-45(57)78-54-43(55)12-13-44(54)56)37-10-8-31-33(46(37)50)23-29(80(63,64)65)25-39(31)82(69,70)71)27-35-48(58)36(49(35)59)28-42-51(3,14-6-22-79(60,61)62)47-34-24-30(81(66,67)68)26-40(83(72,73)74)32(34)9-11-38(47)53(42)16-17-76-20-21-77-19-18-75-4/h8-13,23-28,41H,5-7,14-22H2,1-4H3,(H6,58,59,60,61,62,63,64,65,66,67,68,69,70,71,72,73,74)/p+1. The van der Waals surface area contributed by atoms with Gasteiger partial charge in [-0.05, 0) is 85.0 Å². The molecule has 83 heavy (non-hydrogen) atoms. The van der Waals surface area contributed by atoms with Gasteiger partial charge in [-0.25, -0.2) is 4.79 Å². The molecule has 2 atom stereocenters. The SMILES string of the molecule is COCCOCCOCC[N+]1=C(C=c2c(=O)c(=CC3N(CCCC(=O)On4c(O)ccc4O)c4ccc5c(S(=O)(=O)O)cc(S(=O)(=O)O)cc5c4C3(C)C)c2=O)C(C)(CCCS(=O)(=O)O)c2c1ccc1c(S(=O)(=O)O)cc(S(=O)(=O)O)cc21. The minimum Gasteiger partial charge on any atom is -0.492 e. The number of benzene rings is 4. The van der Waals surface area contributed by atoms with E-state index in [1.165, 1.54) is 50.5 Å². The predicted octanol–water partition coefficient (Wildman–Crippen LogP) is 1.36. The Kier molecular flexibility index (Phi) is 17.2. The number of fused-ring (bicyclic) bond motifs is 6. The molecule has 1 aromatic heterocycles. The molecule has 2 unspecified atom stereocenters. The third-order valence-electron chi connectivity index (χ3n) is 14.7. The van der Waals surface area contributed by atoms with E-state index in [1.807, 2.05) is 0 Å². The zero-order chi connectivity index (χ0) is 61.2. The molecule has 3 heterocycles. The largest absolute Gasteiger partial charge is 0.492 e. The Balaban J connectivity index is 1.32. The molecule has 448 valence electrons. The maximum atomic E-state index is 14.8. The summed E-state index contributed by atoms with van der Waals surface area (Å²) in [6.07, 6.45) is 1.44. The summed E-state index contributed by atoms with van der Waals surface area (Å²) in [5.74, 6) is -2.98. The molecule has 8 rings (SSSR count). The Bertz CT molecular complexity index is 4440. The lowest BCUT2D eigenvalue weighted by atomic mass is 9.73. The number of methoxy groups -OCH3 is 1. The van der Waals surface area contributed by atoms with E-state index in [0.717, 1.165) is 24.3 Å². The molecular weight excluding hydrogens is 1200 g/mol. The van der Waals surface area contributed by atoms with Crippen LogP contribution in [0.15, 0.2) is 89.8 Å². The van der Waals surface area contributed by atoms with Crippen molar-refractivity contribution < 1.29 is 103 Å². The number of nitrogens with zero attached hydrogens (tertiary/aromatic N) is 3. The van der Waals surface area contributed by atoms with Crippen LogP contribution in [0, 0.1) is 0 Å². The van der Waals surface area contributed by atoms with Gasteiger partial charge in [-0.15, -0.1) is 4.73 Å². The maximum Gasteiger partial charge on any atom is 0.333 e. The zero-order valence-electron chi connectivity index (χ0n) is 44.4. The monoisotopic (exact) mass is 1250 g/mol. The Morgan fingerprint density at radius 2 is 1.18 bits per heavy atom. The number of aromatic nitrogens is 1. The number of hydrogen-bond acceptors (Lipinski definition) is 20. The van der Waals surface area contributed by atoms with Crippen LogP contribution in [0.4, 0.5) is 11.4 Å². The minimum absolute atomic E-state index is 0.0509. The van der Waals surface area contributed by atoms with Gasteiger partial charge in [-0.2, -0.15) is 46.7 Å². The van der Waals surface area contributed by atoms with Crippen molar-refractivity contribution in [2.45, 2.75) is 82.9 Å². The van der Waals surface area contributed by atoms with Crippen molar-refractivity contribution in [2.75, 3.05) is 63.9 Å². The molecule has 32 heteroatoms. The molecule has 27 nitrogen and oxygen atoms in total. The Labute approximate surface area is 474 Å². The van der Waals surface area contributed by atoms with E-state index < -0.39 is 132 Å². The van der Waals surface area contributed by atoms with Gasteiger partial charge in [-0.3, -0.25) is 32.4 Å². The molecule has 0 radical (unpaired) electrons. The van der Waals surface area contributed by atoms with Crippen LogP contribution in [0.3, 0.4) is 0 Å². The number of anilines is 1. The maximum absolute atomic E-state index is 14.8. The summed E-state index contributed by atoms with van der Waals surface area (Å²) < 4.78 is 196. The zero-order valence-corrected chi connectivity index (χ0v) is 48.5. The van der Waals surface area contributed by atoms with Crippen molar-refractivity contribution in [3.63, 3.8) is 0 Å². The quantitative estimate of drug-likeness (QED) is 0.0255. The summed E-state index contributed by atoms with van der Waals surface area (Å²) in [7, 11) is -24.0. The van der Waals surface area contributed by atoms with Crippen LogP contribution in [-0.2, 0) is 80.4 Å². The van der Waals surface area contributed by atoms with Crippen molar-refractivity contribution in [1.82, 2.24) is 4.73 Å². The van der Waals surface area contributed by atoms with Gasteiger partial charge in [0.2, 0.25) is 28.3 Å². The van der Waals surface area contributed by atoms with Crippen molar-refractivity contribution in [3.8, 4) is 11.8 Å². The highest BCUT2D eigenvalue weighted by Gasteiger charge is 2.50. The molecule has 0 bridgehead atoms. The lowest BCUT2D eigenvalue weighted by Gasteiger charge is -2.32. The van der Waals surface area contributed by atoms with E-state index >= 15 is 0 Å². The molecule has 0 saturated carbocycles. The average molecular weight is 1260 g/mol. The molecule has 5 aromatic carbocycles. The van der Waals surface area contributed by atoms with Gasteiger partial charge in [0, 0.05) is 71.8 Å². The summed E-state index contributed by atoms with van der Waals surface area (Å²) in [5, 5.41) is 18.5. The van der Waals surface area contributed by atoms with Crippen molar-refractivity contribution in [3.05, 3.63) is 103 Å². The van der Waals surface area contributed by atoms with E-state index in [-0.39, 0.29) is 115 Å². The first-order valence-corrected chi connectivity index (χ1v) is 32.3. The van der Waals surface area contributed by atoms with Gasteiger partial charge in [0.1, 0.15) is 16.4 Å². The van der Waals surface area contributed by atoms with Crippen molar-refractivity contribution in [1.29, 1.82) is 0 Å². The van der Waals surface area contributed by atoms with E-state index in [0.29, 0.717) is 23.5 Å². The van der Waals surface area contributed by atoms with Gasteiger partial charge < -0.3 is 34.2 Å². The molecule has 0 aliphatic carbocycles. The summed E-state index contributed by atoms with van der Waals surface area (Å²) in [4.78, 5) is 45.6. The van der Waals surface area contributed by atoms with Crippen LogP contribution in [0.2, 0.25) is 0 Å². The fourth-order valence-corrected chi connectivity index (χ4v) is 14.2. The normalized spacial score (nSPS) is 17.4. The molecule has 0 amide bonds. The number of hydrogen-bond donors (Lipinski definition) is 7. The number of carbonyl (C=O) groups is 1. The summed E-state index contributed by atoms with van der Waals surface area (Å²) in [6.45, 7) is 5.11. The van der Waals surface area contributed by atoms with Crippen molar-refractivity contribution in [2.24, 2.45) is 0 Å². The Morgan fingerprint density at radius 3 is 1.71 bits per heavy atom. The van der Waals surface area contributed by atoms with Crippen LogP contribution in [-0.4, -0.2) is 161 Å². The van der Waals surface area contributed by atoms with Gasteiger partial charge in [0.15, 0.2) is 12.3 Å². The average Bonchev–Trinajstić information content (AvgIpc) is 1.74. The third kappa shape index (κ3) is 12.5. The molecule has 6 aromatic rings. The van der Waals surface area contributed by atoms with E-state index in [2.05, 4.69) is 0 Å². The van der Waals surface area contributed by atoms with Gasteiger partial charge in [0.25, 0.3) is 50.6 Å². The third-order valence-corrected chi connectivity index (χ3v) is 18.9. The van der Waals surface area contributed by atoms with Crippen LogP contribution in [0.25, 0.3) is 33.7 Å². The first-order chi connectivity index (χ1) is 38.5. The van der Waals surface area contributed by atoms with Crippen LogP contribution >= 0.6 is 0 Å². The molecule has 7 N–H and O–H groups in total. The highest BCUT2D eigenvalue weighted by atomic mass is 32.2. The smallest absolute Gasteiger partial charge is 0.333 e. The molecular formula is C51H56N3O24S5+. The minimum atomic E-state index is -5.25.